The molecule has 0 unspecified atom stereocenters. The van der Waals surface area contributed by atoms with Gasteiger partial charge in [0, 0.05) is 26.2 Å². The first-order chi connectivity index (χ1) is 8.89. The number of amides is 1. The number of carboxylic acids is 1. The van der Waals surface area contributed by atoms with Crippen LogP contribution < -0.4 is 10.6 Å². The smallest absolute Gasteiger partial charge is 0.326 e. The molecular weight excluding hydrogens is 246 g/mol. The average molecular weight is 271 g/mol. The maximum atomic E-state index is 12.3. The van der Waals surface area contributed by atoms with Gasteiger partial charge in [-0.1, -0.05) is 13.3 Å². The third-order valence-corrected chi connectivity index (χ3v) is 3.64. The van der Waals surface area contributed by atoms with Gasteiger partial charge >= 0.3 is 5.97 Å². The predicted octanol–water partition coefficient (Wildman–Crippen LogP) is 0.0397. The van der Waals surface area contributed by atoms with E-state index in [0.717, 1.165) is 32.6 Å². The molecule has 0 aromatic heterocycles. The highest BCUT2D eigenvalue weighted by atomic mass is 16.4. The maximum absolute atomic E-state index is 12.3. The summed E-state index contributed by atoms with van der Waals surface area (Å²) in [4.78, 5) is 25.5. The first kappa shape index (κ1) is 15.9. The summed E-state index contributed by atoms with van der Waals surface area (Å²) in [6.45, 7) is 8.90. The lowest BCUT2D eigenvalue weighted by molar-refractivity contribution is -0.144. The number of nitrogens with zero attached hydrogens (tertiary/aromatic N) is 1. The van der Waals surface area contributed by atoms with E-state index < -0.39 is 17.6 Å². The molecule has 1 rings (SSSR count). The van der Waals surface area contributed by atoms with Crippen molar-refractivity contribution in [2.24, 2.45) is 0 Å². The zero-order valence-electron chi connectivity index (χ0n) is 12.0. The molecule has 1 amide bonds. The van der Waals surface area contributed by atoms with Gasteiger partial charge in [-0.15, -0.1) is 0 Å². The Hall–Kier alpha value is -1.14. The van der Waals surface area contributed by atoms with Crippen LogP contribution in [-0.2, 0) is 9.59 Å². The number of hydrogen-bond acceptors (Lipinski definition) is 4. The van der Waals surface area contributed by atoms with Crippen molar-refractivity contribution in [2.45, 2.75) is 45.2 Å². The Morgan fingerprint density at radius 2 is 1.95 bits per heavy atom. The van der Waals surface area contributed by atoms with Gasteiger partial charge in [-0.25, -0.2) is 4.79 Å². The highest BCUT2D eigenvalue weighted by molar-refractivity contribution is 5.89. The standard InChI is InChI=1S/C13H25N3O3/c1-4-5-10(11(17)18)15-12(19)13(2,3)16-8-6-14-7-9-16/h10,14H,4-9H2,1-3H3,(H,15,19)(H,17,18)/t10-/m1/s1. The lowest BCUT2D eigenvalue weighted by Crippen LogP contribution is -2.61. The molecule has 0 bridgehead atoms. The summed E-state index contributed by atoms with van der Waals surface area (Å²) in [6.07, 6.45) is 1.18. The van der Waals surface area contributed by atoms with Gasteiger partial charge in [0.05, 0.1) is 5.54 Å². The van der Waals surface area contributed by atoms with Crippen LogP contribution in [0.15, 0.2) is 0 Å². The van der Waals surface area contributed by atoms with Gasteiger partial charge in [-0.3, -0.25) is 9.69 Å². The molecule has 1 aliphatic rings. The maximum Gasteiger partial charge on any atom is 0.326 e. The summed E-state index contributed by atoms with van der Waals surface area (Å²) in [5.74, 6) is -1.18. The molecule has 1 fully saturated rings. The average Bonchev–Trinajstić information content (AvgIpc) is 2.38. The van der Waals surface area contributed by atoms with Gasteiger partial charge in [0.2, 0.25) is 5.91 Å². The number of aliphatic carboxylic acids is 1. The normalized spacial score (nSPS) is 18.9. The summed E-state index contributed by atoms with van der Waals surface area (Å²) in [5, 5.41) is 15.0. The van der Waals surface area contributed by atoms with Crippen LogP contribution in [0.25, 0.3) is 0 Å². The Kier molecular flexibility index (Phi) is 5.75. The number of carbonyl (C=O) groups excluding carboxylic acids is 1. The van der Waals surface area contributed by atoms with E-state index in [1.807, 2.05) is 20.8 Å². The second-order valence-corrected chi connectivity index (χ2v) is 5.45. The molecule has 0 saturated carbocycles. The summed E-state index contributed by atoms with van der Waals surface area (Å²) in [7, 11) is 0. The number of piperazine rings is 1. The number of carboxylic acid groups (broad SMARTS) is 1. The van der Waals surface area contributed by atoms with Crippen LogP contribution in [0.5, 0.6) is 0 Å². The van der Waals surface area contributed by atoms with Crippen molar-refractivity contribution in [3.63, 3.8) is 0 Å². The van der Waals surface area contributed by atoms with Crippen LogP contribution in [-0.4, -0.2) is 59.6 Å². The van der Waals surface area contributed by atoms with E-state index in [-0.39, 0.29) is 5.91 Å². The molecule has 1 aliphatic heterocycles. The van der Waals surface area contributed by atoms with Crippen molar-refractivity contribution in [3.8, 4) is 0 Å². The van der Waals surface area contributed by atoms with Crippen LogP contribution in [0, 0.1) is 0 Å². The third-order valence-electron chi connectivity index (χ3n) is 3.64. The molecule has 110 valence electrons. The fourth-order valence-corrected chi connectivity index (χ4v) is 2.25. The molecule has 0 radical (unpaired) electrons. The van der Waals surface area contributed by atoms with Gasteiger partial charge < -0.3 is 15.7 Å². The Bertz CT molecular complexity index is 325. The molecule has 0 spiro atoms. The second kappa shape index (κ2) is 6.86. The summed E-state index contributed by atoms with van der Waals surface area (Å²) in [6, 6.07) is -0.792. The van der Waals surface area contributed by atoms with Crippen LogP contribution in [0.2, 0.25) is 0 Å². The quantitative estimate of drug-likeness (QED) is 0.635. The summed E-state index contributed by atoms with van der Waals surface area (Å²) in [5.41, 5.74) is -0.677. The Balaban J connectivity index is 2.65. The lowest BCUT2D eigenvalue weighted by Gasteiger charge is -2.40. The Morgan fingerprint density at radius 3 is 2.42 bits per heavy atom. The molecule has 0 aromatic carbocycles. The SMILES string of the molecule is CCC[C@@H](NC(=O)C(C)(C)N1CCNCC1)C(=O)O. The van der Waals surface area contributed by atoms with Crippen LogP contribution in [0.1, 0.15) is 33.6 Å². The van der Waals surface area contributed by atoms with Crippen LogP contribution in [0.4, 0.5) is 0 Å². The largest absolute Gasteiger partial charge is 0.480 e. The molecule has 1 saturated heterocycles. The molecule has 3 N–H and O–H groups in total. The molecular formula is C13H25N3O3. The van der Waals surface area contributed by atoms with Gasteiger partial charge in [0.15, 0.2) is 0 Å². The highest BCUT2D eigenvalue weighted by Gasteiger charge is 2.36. The van der Waals surface area contributed by atoms with E-state index >= 15 is 0 Å². The minimum absolute atomic E-state index is 0.213. The first-order valence-corrected chi connectivity index (χ1v) is 6.89. The molecule has 1 atom stereocenters. The minimum Gasteiger partial charge on any atom is -0.480 e. The Labute approximate surface area is 114 Å². The summed E-state index contributed by atoms with van der Waals surface area (Å²) >= 11 is 0. The third kappa shape index (κ3) is 4.18. The minimum atomic E-state index is -0.966. The van der Waals surface area contributed by atoms with Gasteiger partial charge in [0.25, 0.3) is 0 Å². The van der Waals surface area contributed by atoms with Crippen molar-refractivity contribution in [3.05, 3.63) is 0 Å². The number of hydrogen-bond donors (Lipinski definition) is 3. The van der Waals surface area contributed by atoms with E-state index in [9.17, 15) is 9.59 Å². The molecule has 6 nitrogen and oxygen atoms in total. The second-order valence-electron chi connectivity index (χ2n) is 5.45. The fourth-order valence-electron chi connectivity index (χ4n) is 2.25. The highest BCUT2D eigenvalue weighted by Crippen LogP contribution is 2.16. The van der Waals surface area contributed by atoms with E-state index in [4.69, 9.17) is 5.11 Å². The fraction of sp³-hybridized carbons (Fsp3) is 0.846. The van der Waals surface area contributed by atoms with Crippen LogP contribution in [0.3, 0.4) is 0 Å². The number of carbonyl (C=O) groups is 2. The van der Waals surface area contributed by atoms with E-state index in [1.54, 1.807) is 0 Å². The Morgan fingerprint density at radius 1 is 1.37 bits per heavy atom. The van der Waals surface area contributed by atoms with Crippen molar-refractivity contribution in [2.75, 3.05) is 26.2 Å². The zero-order valence-corrected chi connectivity index (χ0v) is 12.0. The molecule has 6 heteroatoms. The molecule has 19 heavy (non-hydrogen) atoms. The van der Waals surface area contributed by atoms with E-state index in [1.165, 1.54) is 0 Å². The molecule has 1 heterocycles. The van der Waals surface area contributed by atoms with Gasteiger partial charge in [0.1, 0.15) is 6.04 Å². The van der Waals surface area contributed by atoms with E-state index in [0.29, 0.717) is 6.42 Å². The van der Waals surface area contributed by atoms with Gasteiger partial charge in [-0.05, 0) is 20.3 Å². The van der Waals surface area contributed by atoms with Crippen molar-refractivity contribution >= 4 is 11.9 Å². The predicted molar refractivity (Wildman–Crippen MR) is 73.0 cm³/mol. The first-order valence-electron chi connectivity index (χ1n) is 6.89. The van der Waals surface area contributed by atoms with Crippen molar-refractivity contribution in [1.29, 1.82) is 0 Å². The topological polar surface area (TPSA) is 81.7 Å². The van der Waals surface area contributed by atoms with Crippen molar-refractivity contribution < 1.29 is 14.7 Å². The molecule has 0 aromatic rings. The summed E-state index contributed by atoms with van der Waals surface area (Å²) < 4.78 is 0. The van der Waals surface area contributed by atoms with Crippen molar-refractivity contribution in [1.82, 2.24) is 15.5 Å². The number of nitrogens with one attached hydrogen (secondary N) is 2. The zero-order chi connectivity index (χ0) is 14.5. The van der Waals surface area contributed by atoms with Crippen LogP contribution >= 0.6 is 0 Å². The number of rotatable bonds is 6. The van der Waals surface area contributed by atoms with Gasteiger partial charge in [-0.2, -0.15) is 0 Å². The van der Waals surface area contributed by atoms with E-state index in [2.05, 4.69) is 15.5 Å². The molecule has 0 aliphatic carbocycles. The lowest BCUT2D eigenvalue weighted by atomic mass is 9.99. The monoisotopic (exact) mass is 271 g/mol.